The van der Waals surface area contributed by atoms with E-state index < -0.39 is 12.2 Å². The van der Waals surface area contributed by atoms with Crippen LogP contribution in [0, 0.1) is 0 Å². The molecule has 0 saturated carbocycles. The standard InChI is InChI=1S/C17H16ClN3O3/c18-12-5-4-6-13(9-12)20-16(22)19-10-15-11-21(17(23)24-15)14-7-2-1-3-8-14/h1-9,15H,10-11H2,(H2,19,20,22). The van der Waals surface area contributed by atoms with E-state index in [1.54, 1.807) is 29.2 Å². The molecule has 0 radical (unpaired) electrons. The molecule has 2 aromatic rings. The molecule has 2 aromatic carbocycles. The van der Waals surface area contributed by atoms with Crippen LogP contribution in [0.3, 0.4) is 0 Å². The quantitative estimate of drug-likeness (QED) is 0.891. The van der Waals surface area contributed by atoms with E-state index in [4.69, 9.17) is 16.3 Å². The van der Waals surface area contributed by atoms with Crippen LogP contribution in [0.5, 0.6) is 0 Å². The number of rotatable bonds is 4. The molecule has 1 unspecified atom stereocenters. The van der Waals surface area contributed by atoms with Crippen LogP contribution in [0.1, 0.15) is 0 Å². The number of halogens is 1. The molecule has 24 heavy (non-hydrogen) atoms. The van der Waals surface area contributed by atoms with Gasteiger partial charge >= 0.3 is 12.1 Å². The molecule has 2 N–H and O–H groups in total. The second kappa shape index (κ2) is 7.23. The average molecular weight is 346 g/mol. The number of amides is 3. The Balaban J connectivity index is 1.50. The van der Waals surface area contributed by atoms with E-state index in [-0.39, 0.29) is 12.6 Å². The van der Waals surface area contributed by atoms with Crippen molar-refractivity contribution in [1.82, 2.24) is 5.32 Å². The van der Waals surface area contributed by atoms with E-state index in [1.165, 1.54) is 0 Å². The predicted octanol–water partition coefficient (Wildman–Crippen LogP) is 3.49. The number of para-hydroxylation sites is 1. The van der Waals surface area contributed by atoms with Crippen molar-refractivity contribution in [3.05, 3.63) is 59.6 Å². The summed E-state index contributed by atoms with van der Waals surface area (Å²) in [5.41, 5.74) is 1.36. The lowest BCUT2D eigenvalue weighted by atomic mass is 10.3. The molecule has 0 spiro atoms. The SMILES string of the molecule is O=C(NCC1CN(c2ccccc2)C(=O)O1)Nc1cccc(Cl)c1. The Morgan fingerprint density at radius 3 is 2.75 bits per heavy atom. The minimum Gasteiger partial charge on any atom is -0.442 e. The second-order valence-corrected chi connectivity index (χ2v) is 5.73. The number of nitrogens with one attached hydrogen (secondary N) is 2. The Hall–Kier alpha value is -2.73. The largest absolute Gasteiger partial charge is 0.442 e. The van der Waals surface area contributed by atoms with Crippen molar-refractivity contribution in [3.8, 4) is 0 Å². The summed E-state index contributed by atoms with van der Waals surface area (Å²) in [4.78, 5) is 25.4. The van der Waals surface area contributed by atoms with Crippen LogP contribution in [-0.4, -0.2) is 31.3 Å². The highest BCUT2D eigenvalue weighted by Crippen LogP contribution is 2.20. The number of cyclic esters (lactones) is 1. The highest BCUT2D eigenvalue weighted by molar-refractivity contribution is 6.30. The summed E-state index contributed by atoms with van der Waals surface area (Å²) in [7, 11) is 0. The lowest BCUT2D eigenvalue weighted by Crippen LogP contribution is -2.37. The van der Waals surface area contributed by atoms with Crippen molar-refractivity contribution < 1.29 is 14.3 Å². The van der Waals surface area contributed by atoms with Crippen LogP contribution < -0.4 is 15.5 Å². The number of benzene rings is 2. The molecule has 1 heterocycles. The summed E-state index contributed by atoms with van der Waals surface area (Å²) in [5.74, 6) is 0. The van der Waals surface area contributed by atoms with Gasteiger partial charge in [0.2, 0.25) is 0 Å². The van der Waals surface area contributed by atoms with Crippen molar-refractivity contribution in [2.75, 3.05) is 23.3 Å². The number of hydrogen-bond donors (Lipinski definition) is 2. The second-order valence-electron chi connectivity index (χ2n) is 5.30. The van der Waals surface area contributed by atoms with Crippen LogP contribution in [0.2, 0.25) is 5.02 Å². The zero-order valence-corrected chi connectivity index (χ0v) is 13.5. The smallest absolute Gasteiger partial charge is 0.414 e. The van der Waals surface area contributed by atoms with Crippen molar-refractivity contribution >= 4 is 35.1 Å². The van der Waals surface area contributed by atoms with Crippen LogP contribution >= 0.6 is 11.6 Å². The fraction of sp³-hybridized carbons (Fsp3) is 0.176. The number of carbonyl (C=O) groups excluding carboxylic acids is 2. The topological polar surface area (TPSA) is 70.7 Å². The van der Waals surface area contributed by atoms with Gasteiger partial charge in [0.15, 0.2) is 0 Å². The first-order valence-electron chi connectivity index (χ1n) is 7.45. The normalized spacial score (nSPS) is 16.6. The first kappa shape index (κ1) is 16.1. The fourth-order valence-electron chi connectivity index (χ4n) is 2.39. The fourth-order valence-corrected chi connectivity index (χ4v) is 2.58. The van der Waals surface area contributed by atoms with Crippen LogP contribution in [-0.2, 0) is 4.74 Å². The summed E-state index contributed by atoms with van der Waals surface area (Å²) in [6, 6.07) is 15.7. The Morgan fingerprint density at radius 2 is 2.00 bits per heavy atom. The molecule has 1 aliphatic heterocycles. The summed E-state index contributed by atoms with van der Waals surface area (Å²) in [6.45, 7) is 0.613. The van der Waals surface area contributed by atoms with Gasteiger partial charge in [-0.15, -0.1) is 0 Å². The maximum atomic E-state index is 11.9. The van der Waals surface area contributed by atoms with Gasteiger partial charge in [0.1, 0.15) is 6.10 Å². The maximum absolute atomic E-state index is 11.9. The summed E-state index contributed by atoms with van der Waals surface area (Å²) in [6.07, 6.45) is -0.814. The number of anilines is 2. The van der Waals surface area contributed by atoms with Gasteiger partial charge in [-0.25, -0.2) is 9.59 Å². The molecule has 0 bridgehead atoms. The van der Waals surface area contributed by atoms with Gasteiger partial charge in [-0.1, -0.05) is 35.9 Å². The third-order valence-electron chi connectivity index (χ3n) is 3.51. The van der Waals surface area contributed by atoms with Gasteiger partial charge in [0.25, 0.3) is 0 Å². The minimum atomic E-state index is -0.414. The molecule has 1 aliphatic rings. The zero-order valence-electron chi connectivity index (χ0n) is 12.7. The third kappa shape index (κ3) is 3.97. The van der Waals surface area contributed by atoms with Crippen LogP contribution in [0.25, 0.3) is 0 Å². The molecule has 1 saturated heterocycles. The molecule has 1 atom stereocenters. The highest BCUT2D eigenvalue weighted by atomic mass is 35.5. The lowest BCUT2D eigenvalue weighted by Gasteiger charge is -2.13. The minimum absolute atomic E-state index is 0.224. The van der Waals surface area contributed by atoms with Crippen molar-refractivity contribution in [1.29, 1.82) is 0 Å². The molecular formula is C17H16ClN3O3. The van der Waals surface area contributed by atoms with Gasteiger partial charge in [0.05, 0.1) is 13.1 Å². The van der Waals surface area contributed by atoms with Gasteiger partial charge in [-0.2, -0.15) is 0 Å². The van der Waals surface area contributed by atoms with Crippen LogP contribution in [0.15, 0.2) is 54.6 Å². The molecule has 7 heteroatoms. The molecule has 1 fully saturated rings. The molecule has 3 amide bonds. The summed E-state index contributed by atoms with van der Waals surface area (Å²) in [5, 5.41) is 5.90. The molecule has 3 rings (SSSR count). The number of urea groups is 1. The molecular weight excluding hydrogens is 330 g/mol. The average Bonchev–Trinajstić information content (AvgIpc) is 2.95. The van der Waals surface area contributed by atoms with E-state index >= 15 is 0 Å². The van der Waals surface area contributed by atoms with E-state index in [2.05, 4.69) is 10.6 Å². The Labute approximate surface area is 144 Å². The monoisotopic (exact) mass is 345 g/mol. The number of hydrogen-bond acceptors (Lipinski definition) is 3. The number of nitrogens with zero attached hydrogens (tertiary/aromatic N) is 1. The van der Waals surface area contributed by atoms with Crippen molar-refractivity contribution in [2.24, 2.45) is 0 Å². The predicted molar refractivity (Wildman–Crippen MR) is 92.5 cm³/mol. The summed E-state index contributed by atoms with van der Waals surface area (Å²) >= 11 is 5.86. The van der Waals surface area contributed by atoms with E-state index in [1.807, 2.05) is 30.3 Å². The zero-order chi connectivity index (χ0) is 16.9. The first-order chi connectivity index (χ1) is 11.6. The lowest BCUT2D eigenvalue weighted by molar-refractivity contribution is 0.141. The molecule has 124 valence electrons. The van der Waals surface area contributed by atoms with Gasteiger partial charge in [-0.05, 0) is 30.3 Å². The van der Waals surface area contributed by atoms with E-state index in [0.29, 0.717) is 17.3 Å². The molecule has 0 aliphatic carbocycles. The third-order valence-corrected chi connectivity index (χ3v) is 3.75. The van der Waals surface area contributed by atoms with Gasteiger partial charge < -0.3 is 15.4 Å². The molecule has 0 aromatic heterocycles. The first-order valence-corrected chi connectivity index (χ1v) is 7.83. The Kier molecular flexibility index (Phi) is 4.86. The van der Waals surface area contributed by atoms with Crippen molar-refractivity contribution in [2.45, 2.75) is 6.10 Å². The van der Waals surface area contributed by atoms with Gasteiger partial charge in [0, 0.05) is 16.4 Å². The Bertz CT molecular complexity index is 739. The number of ether oxygens (including phenoxy) is 1. The van der Waals surface area contributed by atoms with E-state index in [0.717, 1.165) is 5.69 Å². The molecule has 6 nitrogen and oxygen atoms in total. The van der Waals surface area contributed by atoms with E-state index in [9.17, 15) is 9.59 Å². The Morgan fingerprint density at radius 1 is 1.21 bits per heavy atom. The van der Waals surface area contributed by atoms with Gasteiger partial charge in [-0.3, -0.25) is 4.90 Å². The highest BCUT2D eigenvalue weighted by Gasteiger charge is 2.32. The number of carbonyl (C=O) groups is 2. The summed E-state index contributed by atoms with van der Waals surface area (Å²) < 4.78 is 5.27. The van der Waals surface area contributed by atoms with Crippen LogP contribution in [0.4, 0.5) is 21.0 Å². The maximum Gasteiger partial charge on any atom is 0.414 e. The van der Waals surface area contributed by atoms with Crippen molar-refractivity contribution in [3.63, 3.8) is 0 Å².